The van der Waals surface area contributed by atoms with Crippen molar-refractivity contribution >= 4 is 0 Å². The van der Waals surface area contributed by atoms with Gasteiger partial charge in [-0.2, -0.15) is 0 Å². The zero-order valence-corrected chi connectivity index (χ0v) is 5.54. The van der Waals surface area contributed by atoms with Crippen LogP contribution in [0.25, 0.3) is 0 Å². The molecule has 0 unspecified atom stereocenters. The Labute approximate surface area is 62.1 Å². The van der Waals surface area contributed by atoms with E-state index in [1.54, 1.807) is 0 Å². The van der Waals surface area contributed by atoms with E-state index in [4.69, 9.17) is 10.1 Å². The van der Waals surface area contributed by atoms with Gasteiger partial charge in [-0.05, 0) is 6.58 Å². The van der Waals surface area contributed by atoms with Gasteiger partial charge in [-0.1, -0.05) is 0 Å². The number of nitrogens with zero attached hydrogens (tertiary/aromatic N) is 2. The van der Waals surface area contributed by atoms with Gasteiger partial charge in [-0.3, -0.25) is 20.2 Å². The average molecular weight is 161 g/mol. The predicted molar refractivity (Wildman–Crippen MR) is 37.5 cm³/mol. The van der Waals surface area contributed by atoms with Crippen molar-refractivity contribution in [2.45, 2.75) is 0 Å². The summed E-state index contributed by atoms with van der Waals surface area (Å²) < 4.78 is 0. The van der Waals surface area contributed by atoms with E-state index >= 15 is 0 Å². The first-order valence-electron chi connectivity index (χ1n) is 2.32. The summed E-state index contributed by atoms with van der Waals surface area (Å²) in [6.45, 7) is 2.86. The molecule has 0 spiro atoms. The third-order valence-electron chi connectivity index (χ3n) is 0.357. The van der Waals surface area contributed by atoms with Gasteiger partial charge in [-0.15, -0.1) is 0 Å². The minimum absolute atomic E-state index is 0.611. The summed E-state index contributed by atoms with van der Waals surface area (Å²) in [5, 5.41) is 18.3. The molecule has 0 atom stereocenters. The highest BCUT2D eigenvalue weighted by Gasteiger charge is 1.74. The summed E-state index contributed by atoms with van der Waals surface area (Å²) in [6.07, 6.45) is 2.18. The van der Waals surface area contributed by atoms with Gasteiger partial charge in [0.1, 0.15) is 0 Å². The second kappa shape index (κ2) is 8.08. The summed E-state index contributed by atoms with van der Waals surface area (Å²) in [4.78, 5) is 17.1. The van der Waals surface area contributed by atoms with Crippen molar-refractivity contribution in [1.82, 2.24) is 0 Å². The van der Waals surface area contributed by atoms with Crippen LogP contribution in [0, 0.1) is 20.2 Å². The zero-order valence-electron chi connectivity index (χ0n) is 5.54. The molecule has 62 valence electrons. The second-order valence-electron chi connectivity index (χ2n) is 1.09. The van der Waals surface area contributed by atoms with Crippen molar-refractivity contribution in [2.75, 3.05) is 0 Å². The molecule has 0 rings (SSSR count). The van der Waals surface area contributed by atoms with Crippen LogP contribution in [0.1, 0.15) is 0 Å². The quantitative estimate of drug-likeness (QED) is 0.455. The second-order valence-corrected chi connectivity index (χ2v) is 1.09. The topological polar surface area (TPSA) is 112 Å². The van der Waals surface area contributed by atoms with Crippen molar-refractivity contribution < 1.29 is 9.85 Å². The van der Waals surface area contributed by atoms with Gasteiger partial charge in [0.05, 0.1) is 16.0 Å². The Morgan fingerprint density at radius 1 is 1.27 bits per heavy atom. The molecule has 0 aromatic carbocycles. The highest BCUT2D eigenvalue weighted by molar-refractivity contribution is 4.60. The summed E-state index contributed by atoms with van der Waals surface area (Å²) >= 11 is 0. The standard InChI is InChI=1S/C2H4N2O2.C2H3NO2/c3-1-2-4(5)6;1-2-3(4)5/h1-2H,3H2;2H,1H2. The highest BCUT2D eigenvalue weighted by atomic mass is 16.6. The molecule has 7 nitrogen and oxygen atoms in total. The third-order valence-corrected chi connectivity index (χ3v) is 0.357. The molecule has 0 saturated carbocycles. The fourth-order valence-corrected chi connectivity index (χ4v) is 0.0703. The number of rotatable bonds is 2. The predicted octanol–water partition coefficient (Wildman–Crippen LogP) is 0.0996. The molecule has 0 bridgehead atoms. The van der Waals surface area contributed by atoms with Gasteiger partial charge in [0.15, 0.2) is 0 Å². The highest BCUT2D eigenvalue weighted by Crippen LogP contribution is 1.62. The Balaban J connectivity index is 0. The molecule has 0 radical (unpaired) electrons. The number of hydrogen-bond donors (Lipinski definition) is 1. The zero-order chi connectivity index (χ0) is 9.28. The van der Waals surface area contributed by atoms with Crippen LogP contribution in [0.5, 0.6) is 0 Å². The van der Waals surface area contributed by atoms with Crippen molar-refractivity contribution in [3.8, 4) is 0 Å². The van der Waals surface area contributed by atoms with Crippen LogP contribution >= 0.6 is 0 Å². The van der Waals surface area contributed by atoms with E-state index in [0.29, 0.717) is 12.4 Å². The van der Waals surface area contributed by atoms with Crippen LogP contribution in [0.4, 0.5) is 0 Å². The summed E-state index contributed by atoms with van der Waals surface area (Å²) in [5.41, 5.74) is 4.61. The van der Waals surface area contributed by atoms with E-state index in [-0.39, 0.29) is 0 Å². The first-order valence-corrected chi connectivity index (χ1v) is 2.32. The van der Waals surface area contributed by atoms with Crippen LogP contribution in [-0.2, 0) is 0 Å². The molecule has 0 saturated heterocycles. The van der Waals surface area contributed by atoms with Gasteiger partial charge in [0.25, 0.3) is 0 Å². The molecule has 2 N–H and O–H groups in total. The molecular weight excluding hydrogens is 154 g/mol. The Morgan fingerprint density at radius 3 is 1.64 bits per heavy atom. The van der Waals surface area contributed by atoms with E-state index in [1.807, 2.05) is 0 Å². The first kappa shape index (κ1) is 11.8. The Kier molecular flexibility index (Phi) is 8.69. The maximum atomic E-state index is 9.24. The van der Waals surface area contributed by atoms with E-state index in [1.165, 1.54) is 0 Å². The molecule has 0 aliphatic carbocycles. The van der Waals surface area contributed by atoms with Gasteiger partial charge in [0, 0.05) is 0 Å². The largest absolute Gasteiger partial charge is 0.400 e. The first-order chi connectivity index (χ1) is 5.04. The minimum atomic E-state index is -0.625. The number of nitrogens with two attached hydrogens (primary N) is 1. The third kappa shape index (κ3) is 31.5. The Bertz CT molecular complexity index is 176. The van der Waals surface area contributed by atoms with Gasteiger partial charge in [-0.25, -0.2) is 0 Å². The molecule has 11 heavy (non-hydrogen) atoms. The Hall–Kier alpha value is -1.92. The molecule has 0 heterocycles. The lowest BCUT2D eigenvalue weighted by Crippen LogP contribution is -1.85. The SMILES string of the molecule is C=C[N+](=O)[O-].NC=C[N+](=O)[O-]. The summed E-state index contributed by atoms with van der Waals surface area (Å²) in [6, 6.07) is 0. The van der Waals surface area contributed by atoms with E-state index in [2.05, 4.69) is 12.3 Å². The summed E-state index contributed by atoms with van der Waals surface area (Å²) in [5.74, 6) is 0. The maximum absolute atomic E-state index is 9.24. The van der Waals surface area contributed by atoms with Crippen LogP contribution in [0.3, 0.4) is 0 Å². The van der Waals surface area contributed by atoms with Crippen LogP contribution in [0.2, 0.25) is 0 Å². The molecule has 0 aromatic heterocycles. The molecule has 0 aliphatic heterocycles. The van der Waals surface area contributed by atoms with Gasteiger partial charge in [0.2, 0.25) is 12.4 Å². The number of nitro groups is 2. The normalized spacial score (nSPS) is 8.00. The molecule has 0 aromatic rings. The van der Waals surface area contributed by atoms with Gasteiger partial charge < -0.3 is 5.73 Å². The van der Waals surface area contributed by atoms with E-state index in [9.17, 15) is 10.1 Å². The van der Waals surface area contributed by atoms with Crippen LogP contribution in [0.15, 0.2) is 25.2 Å². The molecular formula is C4H7N3O4. The number of hydrogen-bond acceptors (Lipinski definition) is 5. The van der Waals surface area contributed by atoms with Crippen molar-refractivity contribution in [3.05, 3.63) is 45.4 Å². The van der Waals surface area contributed by atoms with Crippen LogP contribution < -0.4 is 5.73 Å². The molecule has 0 fully saturated rings. The maximum Gasteiger partial charge on any atom is 0.249 e. The molecule has 0 aliphatic rings. The van der Waals surface area contributed by atoms with Crippen LogP contribution in [-0.4, -0.2) is 9.85 Å². The lowest BCUT2D eigenvalue weighted by molar-refractivity contribution is -0.402. The Morgan fingerprint density at radius 2 is 1.64 bits per heavy atom. The van der Waals surface area contributed by atoms with Crippen molar-refractivity contribution in [3.63, 3.8) is 0 Å². The lowest BCUT2D eigenvalue weighted by Gasteiger charge is -1.69. The monoisotopic (exact) mass is 161 g/mol. The molecule has 0 amide bonds. The smallest absolute Gasteiger partial charge is 0.249 e. The van der Waals surface area contributed by atoms with E-state index in [0.717, 1.165) is 6.20 Å². The summed E-state index contributed by atoms with van der Waals surface area (Å²) in [7, 11) is 0. The minimum Gasteiger partial charge on any atom is -0.400 e. The fraction of sp³-hybridized carbons (Fsp3) is 0. The average Bonchev–Trinajstić information content (AvgIpc) is 1.89. The van der Waals surface area contributed by atoms with E-state index < -0.39 is 9.85 Å². The van der Waals surface area contributed by atoms with Crippen molar-refractivity contribution in [1.29, 1.82) is 0 Å². The lowest BCUT2D eigenvalue weighted by atomic mass is 11.0. The fourth-order valence-electron chi connectivity index (χ4n) is 0.0703. The molecule has 7 heteroatoms. The van der Waals surface area contributed by atoms with Crippen molar-refractivity contribution in [2.24, 2.45) is 5.73 Å². The van der Waals surface area contributed by atoms with Gasteiger partial charge >= 0.3 is 0 Å².